The fourth-order valence-corrected chi connectivity index (χ4v) is 1.02. The number of rotatable bonds is 7. The van der Waals surface area contributed by atoms with Crippen molar-refractivity contribution in [2.45, 2.75) is 26.4 Å². The first-order valence-electron chi connectivity index (χ1n) is 4.57. The summed E-state index contributed by atoms with van der Waals surface area (Å²) in [6, 6.07) is 0. The number of hydrogen-bond donors (Lipinski definition) is 2. The Kier molecular flexibility index (Phi) is 7.45. The maximum atomic E-state index is 8.93. The molecular weight excluding hydrogens is 154 g/mol. The minimum Gasteiger partial charge on any atom is -0.396 e. The molecule has 3 nitrogen and oxygen atoms in total. The second-order valence-electron chi connectivity index (χ2n) is 3.31. The quantitative estimate of drug-likeness (QED) is 0.596. The van der Waals surface area contributed by atoms with Crippen LogP contribution in [0.1, 0.15) is 20.3 Å². The van der Waals surface area contributed by atoms with E-state index in [0.29, 0.717) is 12.0 Å². The van der Waals surface area contributed by atoms with Crippen LogP contribution in [0.5, 0.6) is 0 Å². The van der Waals surface area contributed by atoms with E-state index >= 15 is 0 Å². The third-order valence-corrected chi connectivity index (χ3v) is 1.73. The van der Waals surface area contributed by atoms with Gasteiger partial charge in [-0.05, 0) is 39.8 Å². The van der Waals surface area contributed by atoms with Gasteiger partial charge in [0.2, 0.25) is 0 Å². The molecule has 0 heterocycles. The average Bonchev–Trinajstić information content (AvgIpc) is 2.02. The zero-order valence-electron chi connectivity index (χ0n) is 8.34. The highest BCUT2D eigenvalue weighted by molar-refractivity contribution is 4.59. The highest BCUT2D eigenvalue weighted by Crippen LogP contribution is 2.01. The number of nitrogens with one attached hydrogen (secondary N) is 1. The zero-order valence-corrected chi connectivity index (χ0v) is 8.34. The first kappa shape index (κ1) is 11.9. The average molecular weight is 175 g/mol. The monoisotopic (exact) mass is 175 g/mol. The molecule has 0 aliphatic carbocycles. The van der Waals surface area contributed by atoms with E-state index in [9.17, 15) is 0 Å². The molecule has 0 bridgehead atoms. The molecule has 0 aliphatic heterocycles. The maximum absolute atomic E-state index is 8.93. The predicted octanol–water partition coefficient (Wildman–Crippen LogP) is 0.629. The van der Waals surface area contributed by atoms with Gasteiger partial charge in [0.25, 0.3) is 0 Å². The van der Waals surface area contributed by atoms with Gasteiger partial charge in [-0.1, -0.05) is 0 Å². The molecule has 0 saturated carbocycles. The van der Waals surface area contributed by atoms with E-state index in [1.54, 1.807) is 0 Å². The lowest BCUT2D eigenvalue weighted by atomic mass is 10.1. The molecule has 0 aliphatic rings. The summed E-state index contributed by atoms with van der Waals surface area (Å²) < 4.78 is 5.38. The van der Waals surface area contributed by atoms with E-state index in [4.69, 9.17) is 9.84 Å². The normalized spacial score (nSPS) is 13.8. The van der Waals surface area contributed by atoms with Crippen molar-refractivity contribution >= 4 is 0 Å². The van der Waals surface area contributed by atoms with Crippen molar-refractivity contribution in [2.75, 3.05) is 26.8 Å². The summed E-state index contributed by atoms with van der Waals surface area (Å²) in [7, 11) is 1.89. The largest absolute Gasteiger partial charge is 0.396 e. The first-order chi connectivity index (χ1) is 5.70. The Morgan fingerprint density at radius 1 is 1.42 bits per heavy atom. The van der Waals surface area contributed by atoms with Crippen LogP contribution in [0.25, 0.3) is 0 Å². The smallest absolute Gasteiger partial charge is 0.0518 e. The first-order valence-corrected chi connectivity index (χ1v) is 4.57. The lowest BCUT2D eigenvalue weighted by Crippen LogP contribution is -2.23. The number of aliphatic hydroxyl groups excluding tert-OH is 1. The fourth-order valence-electron chi connectivity index (χ4n) is 1.02. The molecule has 0 aromatic heterocycles. The zero-order chi connectivity index (χ0) is 9.40. The van der Waals surface area contributed by atoms with Crippen LogP contribution in [0.15, 0.2) is 0 Å². The van der Waals surface area contributed by atoms with Crippen LogP contribution in [0.4, 0.5) is 0 Å². The minimum absolute atomic E-state index is 0.238. The Labute approximate surface area is 75.1 Å². The molecule has 0 amide bonds. The van der Waals surface area contributed by atoms with Crippen LogP contribution in [-0.2, 0) is 4.74 Å². The van der Waals surface area contributed by atoms with Crippen molar-refractivity contribution in [1.29, 1.82) is 0 Å². The van der Waals surface area contributed by atoms with Crippen LogP contribution in [0.3, 0.4) is 0 Å². The van der Waals surface area contributed by atoms with E-state index < -0.39 is 0 Å². The Morgan fingerprint density at radius 3 is 2.50 bits per heavy atom. The van der Waals surface area contributed by atoms with Crippen molar-refractivity contribution in [1.82, 2.24) is 5.32 Å². The van der Waals surface area contributed by atoms with Crippen molar-refractivity contribution in [3.8, 4) is 0 Å². The lowest BCUT2D eigenvalue weighted by molar-refractivity contribution is 0.0614. The molecule has 74 valence electrons. The fraction of sp³-hybridized carbons (Fsp3) is 1.00. The van der Waals surface area contributed by atoms with Gasteiger partial charge < -0.3 is 15.2 Å². The molecule has 0 saturated heterocycles. The highest BCUT2D eigenvalue weighted by Gasteiger charge is 2.05. The van der Waals surface area contributed by atoms with Crippen molar-refractivity contribution in [3.05, 3.63) is 0 Å². The van der Waals surface area contributed by atoms with Gasteiger partial charge >= 0.3 is 0 Å². The number of ether oxygens (including phenoxy) is 1. The summed E-state index contributed by atoms with van der Waals surface area (Å²) in [4.78, 5) is 0. The summed E-state index contributed by atoms with van der Waals surface area (Å²) in [5.41, 5.74) is 0. The van der Waals surface area contributed by atoms with E-state index in [2.05, 4.69) is 5.32 Å². The second kappa shape index (κ2) is 7.53. The van der Waals surface area contributed by atoms with Gasteiger partial charge in [0.15, 0.2) is 0 Å². The van der Waals surface area contributed by atoms with Crippen LogP contribution in [0.2, 0.25) is 0 Å². The van der Waals surface area contributed by atoms with Gasteiger partial charge in [-0.2, -0.15) is 0 Å². The molecule has 3 heteroatoms. The predicted molar refractivity (Wildman–Crippen MR) is 50.2 cm³/mol. The second-order valence-corrected chi connectivity index (χ2v) is 3.31. The van der Waals surface area contributed by atoms with Gasteiger partial charge in [-0.3, -0.25) is 0 Å². The summed E-state index contributed by atoms with van der Waals surface area (Å²) in [6.45, 7) is 5.88. The summed E-state index contributed by atoms with van der Waals surface area (Å²) in [5, 5.41) is 12.0. The van der Waals surface area contributed by atoms with E-state index in [1.807, 2.05) is 20.9 Å². The lowest BCUT2D eigenvalue weighted by Gasteiger charge is -2.14. The van der Waals surface area contributed by atoms with Crippen LogP contribution in [-0.4, -0.2) is 38.0 Å². The van der Waals surface area contributed by atoms with Gasteiger partial charge in [-0.15, -0.1) is 0 Å². The van der Waals surface area contributed by atoms with Crippen LogP contribution >= 0.6 is 0 Å². The molecule has 0 rings (SSSR count). The van der Waals surface area contributed by atoms with Gasteiger partial charge in [-0.25, -0.2) is 0 Å². The molecule has 0 unspecified atom stereocenters. The Bertz CT molecular complexity index is 96.5. The molecule has 1 atom stereocenters. The van der Waals surface area contributed by atoms with Gasteiger partial charge in [0.1, 0.15) is 0 Å². The number of hydrogen-bond acceptors (Lipinski definition) is 3. The SMILES string of the molecule is CNC[C@H](CO)CCOC(C)C. The molecule has 0 radical (unpaired) electrons. The van der Waals surface area contributed by atoms with Crippen molar-refractivity contribution in [3.63, 3.8) is 0 Å². The Balaban J connectivity index is 3.31. The Morgan fingerprint density at radius 2 is 2.08 bits per heavy atom. The summed E-state index contributed by atoms with van der Waals surface area (Å²) in [6.07, 6.45) is 1.22. The molecule has 12 heavy (non-hydrogen) atoms. The maximum Gasteiger partial charge on any atom is 0.0518 e. The van der Waals surface area contributed by atoms with E-state index in [-0.39, 0.29) is 6.61 Å². The van der Waals surface area contributed by atoms with Crippen molar-refractivity contribution < 1.29 is 9.84 Å². The minimum atomic E-state index is 0.238. The van der Waals surface area contributed by atoms with Crippen LogP contribution < -0.4 is 5.32 Å². The standard InChI is InChI=1S/C9H21NO2/c1-8(2)12-5-4-9(7-11)6-10-3/h8-11H,4-7H2,1-3H3/t9-/m1/s1. The highest BCUT2D eigenvalue weighted by atomic mass is 16.5. The molecule has 0 aromatic carbocycles. The Hall–Kier alpha value is -0.120. The van der Waals surface area contributed by atoms with Gasteiger partial charge in [0, 0.05) is 13.2 Å². The van der Waals surface area contributed by atoms with Crippen molar-refractivity contribution in [2.24, 2.45) is 5.92 Å². The van der Waals surface area contributed by atoms with E-state index in [0.717, 1.165) is 19.6 Å². The third-order valence-electron chi connectivity index (χ3n) is 1.73. The molecular formula is C9H21NO2. The van der Waals surface area contributed by atoms with Crippen LogP contribution in [0, 0.1) is 5.92 Å². The van der Waals surface area contributed by atoms with E-state index in [1.165, 1.54) is 0 Å². The molecule has 2 N–H and O–H groups in total. The van der Waals surface area contributed by atoms with Gasteiger partial charge in [0.05, 0.1) is 6.10 Å². The summed E-state index contributed by atoms with van der Waals surface area (Å²) >= 11 is 0. The molecule has 0 fully saturated rings. The molecule has 0 spiro atoms. The molecule has 0 aromatic rings. The third kappa shape index (κ3) is 6.58. The summed E-state index contributed by atoms with van der Waals surface area (Å²) in [5.74, 6) is 0.328. The number of aliphatic hydroxyl groups is 1. The topological polar surface area (TPSA) is 41.5 Å².